The molecule has 5 nitrogen and oxygen atoms in total. The lowest BCUT2D eigenvalue weighted by atomic mass is 10.1. The van der Waals surface area contributed by atoms with Crippen molar-refractivity contribution in [3.05, 3.63) is 47.3 Å². The molecule has 0 radical (unpaired) electrons. The van der Waals surface area contributed by atoms with Gasteiger partial charge in [0, 0.05) is 43.9 Å². The van der Waals surface area contributed by atoms with Crippen molar-refractivity contribution >= 4 is 11.6 Å². The predicted octanol–water partition coefficient (Wildman–Crippen LogP) is 2.96. The minimum absolute atomic E-state index is 0.227. The first-order valence-electron chi connectivity index (χ1n) is 8.64. The smallest absolute Gasteiger partial charge is 0.222 e. The molecule has 1 amide bonds. The van der Waals surface area contributed by atoms with Gasteiger partial charge in [0.05, 0.1) is 5.69 Å². The third kappa shape index (κ3) is 3.78. The van der Waals surface area contributed by atoms with Gasteiger partial charge in [-0.1, -0.05) is 23.4 Å². The number of hydrogen-bond donors (Lipinski definition) is 0. The van der Waals surface area contributed by atoms with Gasteiger partial charge in [-0.25, -0.2) is 0 Å². The molecule has 1 aromatic heterocycles. The maximum Gasteiger partial charge on any atom is 0.222 e. The van der Waals surface area contributed by atoms with Gasteiger partial charge < -0.3 is 14.3 Å². The van der Waals surface area contributed by atoms with Crippen LogP contribution in [0.4, 0.5) is 5.69 Å². The van der Waals surface area contributed by atoms with Gasteiger partial charge in [-0.15, -0.1) is 0 Å². The predicted molar refractivity (Wildman–Crippen MR) is 94.2 cm³/mol. The van der Waals surface area contributed by atoms with Crippen molar-refractivity contribution in [2.45, 2.75) is 33.1 Å². The zero-order valence-electron chi connectivity index (χ0n) is 14.5. The highest BCUT2D eigenvalue weighted by molar-refractivity contribution is 5.76. The molecule has 2 aromatic rings. The fourth-order valence-corrected chi connectivity index (χ4v) is 3.31. The van der Waals surface area contributed by atoms with E-state index in [0.29, 0.717) is 12.8 Å². The van der Waals surface area contributed by atoms with Crippen LogP contribution in [0.5, 0.6) is 0 Å². The summed E-state index contributed by atoms with van der Waals surface area (Å²) in [6.07, 6.45) is 2.24. The highest BCUT2D eigenvalue weighted by Gasteiger charge is 2.20. The number of amides is 1. The summed E-state index contributed by atoms with van der Waals surface area (Å²) in [5, 5.41) is 3.96. The standard InChI is InChI=1S/C19H25N3O2/c1-15-18(16(2)24-20-15)9-10-19(23)22-12-6-11-21(13-14-22)17-7-4-3-5-8-17/h3-5,7-8H,6,9-14H2,1-2H3. The topological polar surface area (TPSA) is 49.6 Å². The second-order valence-corrected chi connectivity index (χ2v) is 6.36. The average Bonchev–Trinajstić information content (AvgIpc) is 2.81. The molecule has 24 heavy (non-hydrogen) atoms. The molecule has 1 fully saturated rings. The number of nitrogens with zero attached hydrogens (tertiary/aromatic N) is 3. The third-order valence-electron chi connectivity index (χ3n) is 4.74. The van der Waals surface area contributed by atoms with E-state index in [0.717, 1.165) is 49.6 Å². The summed E-state index contributed by atoms with van der Waals surface area (Å²) >= 11 is 0. The Morgan fingerprint density at radius 1 is 1.12 bits per heavy atom. The molecule has 128 valence electrons. The number of aryl methyl sites for hydroxylation is 2. The Morgan fingerprint density at radius 3 is 2.62 bits per heavy atom. The monoisotopic (exact) mass is 327 g/mol. The molecule has 5 heteroatoms. The van der Waals surface area contributed by atoms with Crippen LogP contribution in [-0.4, -0.2) is 42.1 Å². The molecule has 1 aliphatic heterocycles. The Balaban J connectivity index is 1.55. The van der Waals surface area contributed by atoms with E-state index in [1.165, 1.54) is 5.69 Å². The molecule has 0 spiro atoms. The van der Waals surface area contributed by atoms with Gasteiger partial charge in [-0.2, -0.15) is 0 Å². The van der Waals surface area contributed by atoms with Gasteiger partial charge in [0.15, 0.2) is 0 Å². The fraction of sp³-hybridized carbons (Fsp3) is 0.474. The Kier molecular flexibility index (Phi) is 5.18. The zero-order chi connectivity index (χ0) is 16.9. The van der Waals surface area contributed by atoms with Gasteiger partial charge >= 0.3 is 0 Å². The number of carbonyl (C=O) groups is 1. The lowest BCUT2D eigenvalue weighted by molar-refractivity contribution is -0.130. The van der Waals surface area contributed by atoms with E-state index in [2.05, 4.69) is 34.3 Å². The molecule has 0 aliphatic carbocycles. The molecular weight excluding hydrogens is 302 g/mol. The number of hydrogen-bond acceptors (Lipinski definition) is 4. The molecule has 0 saturated carbocycles. The quantitative estimate of drug-likeness (QED) is 0.866. The minimum atomic E-state index is 0.227. The molecule has 2 heterocycles. The van der Waals surface area contributed by atoms with Crippen LogP contribution in [0.15, 0.2) is 34.9 Å². The van der Waals surface area contributed by atoms with Crippen LogP contribution in [0.1, 0.15) is 29.9 Å². The van der Waals surface area contributed by atoms with E-state index >= 15 is 0 Å². The molecule has 1 saturated heterocycles. The number of para-hydroxylation sites is 1. The van der Waals surface area contributed by atoms with Crippen LogP contribution in [0.2, 0.25) is 0 Å². The Labute approximate surface area is 143 Å². The molecule has 0 bridgehead atoms. The minimum Gasteiger partial charge on any atom is -0.370 e. The SMILES string of the molecule is Cc1noc(C)c1CCC(=O)N1CCCN(c2ccccc2)CC1. The van der Waals surface area contributed by atoms with Gasteiger partial charge in [-0.05, 0) is 38.8 Å². The van der Waals surface area contributed by atoms with Crippen molar-refractivity contribution < 1.29 is 9.32 Å². The van der Waals surface area contributed by atoms with Crippen LogP contribution in [0, 0.1) is 13.8 Å². The van der Waals surface area contributed by atoms with Crippen molar-refractivity contribution in [2.24, 2.45) is 0 Å². The van der Waals surface area contributed by atoms with E-state index in [4.69, 9.17) is 4.52 Å². The lowest BCUT2D eigenvalue weighted by Crippen LogP contribution is -2.35. The molecule has 1 aliphatic rings. The fourth-order valence-electron chi connectivity index (χ4n) is 3.31. The van der Waals surface area contributed by atoms with Gasteiger partial charge in [0.2, 0.25) is 5.91 Å². The van der Waals surface area contributed by atoms with Crippen LogP contribution in [0.3, 0.4) is 0 Å². The number of aromatic nitrogens is 1. The number of anilines is 1. The lowest BCUT2D eigenvalue weighted by Gasteiger charge is -2.23. The molecule has 1 aromatic carbocycles. The summed E-state index contributed by atoms with van der Waals surface area (Å²) in [5.41, 5.74) is 3.21. The molecule has 3 rings (SSSR count). The normalized spacial score (nSPS) is 15.4. The average molecular weight is 327 g/mol. The maximum absolute atomic E-state index is 12.6. The van der Waals surface area contributed by atoms with Crippen LogP contribution < -0.4 is 4.90 Å². The van der Waals surface area contributed by atoms with E-state index in [1.807, 2.05) is 24.8 Å². The highest BCUT2D eigenvalue weighted by Crippen LogP contribution is 2.18. The van der Waals surface area contributed by atoms with Crippen molar-refractivity contribution in [3.63, 3.8) is 0 Å². The first-order chi connectivity index (χ1) is 11.6. The summed E-state index contributed by atoms with van der Waals surface area (Å²) in [6, 6.07) is 10.4. The Bertz CT molecular complexity index is 662. The number of carbonyl (C=O) groups excluding carboxylic acids is 1. The molecule has 0 unspecified atom stereocenters. The van der Waals surface area contributed by atoms with Crippen molar-refractivity contribution in [2.75, 3.05) is 31.1 Å². The summed E-state index contributed by atoms with van der Waals surface area (Å²) in [4.78, 5) is 16.9. The van der Waals surface area contributed by atoms with Crippen LogP contribution in [-0.2, 0) is 11.2 Å². The summed E-state index contributed by atoms with van der Waals surface area (Å²) < 4.78 is 5.17. The largest absolute Gasteiger partial charge is 0.370 e. The first-order valence-corrected chi connectivity index (χ1v) is 8.64. The van der Waals surface area contributed by atoms with Gasteiger partial charge in [0.1, 0.15) is 5.76 Å². The molecule has 0 N–H and O–H groups in total. The number of rotatable bonds is 4. The number of benzene rings is 1. The molecule has 0 atom stereocenters. The summed E-state index contributed by atoms with van der Waals surface area (Å²) in [7, 11) is 0. The van der Waals surface area contributed by atoms with Gasteiger partial charge in [0.25, 0.3) is 0 Å². The highest BCUT2D eigenvalue weighted by atomic mass is 16.5. The zero-order valence-corrected chi connectivity index (χ0v) is 14.5. The van der Waals surface area contributed by atoms with Crippen molar-refractivity contribution in [3.8, 4) is 0 Å². The van der Waals surface area contributed by atoms with E-state index in [-0.39, 0.29) is 5.91 Å². The second-order valence-electron chi connectivity index (χ2n) is 6.36. The van der Waals surface area contributed by atoms with Crippen LogP contribution in [0.25, 0.3) is 0 Å². The third-order valence-corrected chi connectivity index (χ3v) is 4.74. The van der Waals surface area contributed by atoms with Crippen molar-refractivity contribution in [1.29, 1.82) is 0 Å². The Morgan fingerprint density at radius 2 is 1.92 bits per heavy atom. The van der Waals surface area contributed by atoms with Crippen molar-refractivity contribution in [1.82, 2.24) is 10.1 Å². The van der Waals surface area contributed by atoms with E-state index in [1.54, 1.807) is 0 Å². The summed E-state index contributed by atoms with van der Waals surface area (Å²) in [6.45, 7) is 7.35. The Hall–Kier alpha value is -2.30. The second kappa shape index (κ2) is 7.51. The van der Waals surface area contributed by atoms with Gasteiger partial charge in [-0.3, -0.25) is 4.79 Å². The maximum atomic E-state index is 12.6. The first kappa shape index (κ1) is 16.6. The molecular formula is C19H25N3O2. The van der Waals surface area contributed by atoms with E-state index in [9.17, 15) is 4.79 Å². The van der Waals surface area contributed by atoms with E-state index < -0.39 is 0 Å². The van der Waals surface area contributed by atoms with Crippen LogP contribution >= 0.6 is 0 Å². The summed E-state index contributed by atoms with van der Waals surface area (Å²) in [5.74, 6) is 1.05.